The van der Waals surface area contributed by atoms with Gasteiger partial charge in [-0.25, -0.2) is 0 Å². The van der Waals surface area contributed by atoms with Crippen molar-refractivity contribution in [1.82, 2.24) is 5.32 Å². The molecule has 0 amide bonds. The third-order valence-electron chi connectivity index (χ3n) is 4.09. The summed E-state index contributed by atoms with van der Waals surface area (Å²) in [6, 6.07) is 4.52. The van der Waals surface area contributed by atoms with E-state index in [0.29, 0.717) is 0 Å². The molecule has 1 aromatic carbocycles. The van der Waals surface area contributed by atoms with Gasteiger partial charge in [0.15, 0.2) is 0 Å². The van der Waals surface area contributed by atoms with E-state index in [1.165, 1.54) is 22.3 Å². The van der Waals surface area contributed by atoms with E-state index in [1.807, 2.05) is 0 Å². The standard InChI is InChI=1S/C17H27NO/c1-6-7-17(5)11-18-10-15(19-17)16-13(3)8-12(2)9-14(16)4/h8-9,15,18H,6-7,10-11H2,1-5H3. The van der Waals surface area contributed by atoms with Crippen LogP contribution in [0.4, 0.5) is 0 Å². The lowest BCUT2D eigenvalue weighted by Gasteiger charge is -2.40. The van der Waals surface area contributed by atoms with Crippen molar-refractivity contribution in [3.8, 4) is 0 Å². The van der Waals surface area contributed by atoms with Gasteiger partial charge in [0, 0.05) is 13.1 Å². The van der Waals surface area contributed by atoms with Crippen molar-refractivity contribution in [1.29, 1.82) is 0 Å². The van der Waals surface area contributed by atoms with E-state index < -0.39 is 0 Å². The number of aryl methyl sites for hydroxylation is 3. The molecule has 2 rings (SSSR count). The summed E-state index contributed by atoms with van der Waals surface area (Å²) in [4.78, 5) is 0. The molecular formula is C17H27NO. The summed E-state index contributed by atoms with van der Waals surface area (Å²) in [5, 5.41) is 3.55. The first kappa shape index (κ1) is 14.5. The van der Waals surface area contributed by atoms with Crippen molar-refractivity contribution in [2.24, 2.45) is 0 Å². The molecule has 2 nitrogen and oxygen atoms in total. The van der Waals surface area contributed by atoms with Crippen LogP contribution in [0, 0.1) is 20.8 Å². The Kier molecular flexibility index (Phi) is 4.32. The van der Waals surface area contributed by atoms with Crippen molar-refractivity contribution < 1.29 is 4.74 Å². The molecule has 0 radical (unpaired) electrons. The van der Waals surface area contributed by atoms with Gasteiger partial charge in [-0.1, -0.05) is 31.0 Å². The van der Waals surface area contributed by atoms with Gasteiger partial charge in [0.05, 0.1) is 11.7 Å². The lowest BCUT2D eigenvalue weighted by atomic mass is 9.92. The fourth-order valence-corrected chi connectivity index (χ4v) is 3.43. The van der Waals surface area contributed by atoms with Gasteiger partial charge in [-0.2, -0.15) is 0 Å². The highest BCUT2D eigenvalue weighted by Crippen LogP contribution is 2.33. The highest BCUT2D eigenvalue weighted by molar-refractivity contribution is 5.39. The second-order valence-electron chi connectivity index (χ2n) is 6.25. The molecule has 0 aromatic heterocycles. The molecule has 1 aliphatic heterocycles. The highest BCUT2D eigenvalue weighted by Gasteiger charge is 2.33. The third kappa shape index (κ3) is 3.18. The first-order valence-electron chi connectivity index (χ1n) is 7.41. The van der Waals surface area contributed by atoms with Gasteiger partial charge in [-0.3, -0.25) is 0 Å². The predicted molar refractivity (Wildman–Crippen MR) is 80.7 cm³/mol. The molecular weight excluding hydrogens is 234 g/mol. The number of nitrogens with one attached hydrogen (secondary N) is 1. The molecule has 0 spiro atoms. The molecule has 1 saturated heterocycles. The van der Waals surface area contributed by atoms with Crippen molar-refractivity contribution >= 4 is 0 Å². The van der Waals surface area contributed by atoms with Crippen LogP contribution in [0.3, 0.4) is 0 Å². The Morgan fingerprint density at radius 1 is 1.26 bits per heavy atom. The Hall–Kier alpha value is -0.860. The average Bonchev–Trinajstić information content (AvgIpc) is 2.27. The molecule has 19 heavy (non-hydrogen) atoms. The molecule has 1 heterocycles. The maximum Gasteiger partial charge on any atom is 0.0962 e. The summed E-state index contributed by atoms with van der Waals surface area (Å²) < 4.78 is 6.44. The van der Waals surface area contributed by atoms with Gasteiger partial charge in [0.1, 0.15) is 0 Å². The first-order valence-corrected chi connectivity index (χ1v) is 7.41. The van der Waals surface area contributed by atoms with Crippen LogP contribution in [0.25, 0.3) is 0 Å². The average molecular weight is 261 g/mol. The summed E-state index contributed by atoms with van der Waals surface area (Å²) >= 11 is 0. The minimum absolute atomic E-state index is 0.0264. The van der Waals surface area contributed by atoms with Crippen LogP contribution in [0.15, 0.2) is 12.1 Å². The van der Waals surface area contributed by atoms with Crippen LogP contribution in [0.5, 0.6) is 0 Å². The molecule has 2 unspecified atom stereocenters. The van der Waals surface area contributed by atoms with Gasteiger partial charge in [-0.15, -0.1) is 0 Å². The van der Waals surface area contributed by atoms with Gasteiger partial charge < -0.3 is 10.1 Å². The predicted octanol–water partition coefficient (Wildman–Crippen LogP) is 3.83. The lowest BCUT2D eigenvalue weighted by Crippen LogP contribution is -2.49. The molecule has 1 N–H and O–H groups in total. The maximum atomic E-state index is 6.44. The zero-order valence-corrected chi connectivity index (χ0v) is 13.0. The summed E-state index contributed by atoms with van der Waals surface area (Å²) in [7, 11) is 0. The molecule has 1 aliphatic rings. The molecule has 0 bridgehead atoms. The lowest BCUT2D eigenvalue weighted by molar-refractivity contribution is -0.112. The minimum Gasteiger partial charge on any atom is -0.365 e. The molecule has 1 aromatic rings. The Balaban J connectivity index is 2.27. The normalized spacial score (nSPS) is 27.5. The molecule has 0 aliphatic carbocycles. The smallest absolute Gasteiger partial charge is 0.0962 e. The quantitative estimate of drug-likeness (QED) is 0.893. The zero-order valence-electron chi connectivity index (χ0n) is 13.0. The van der Waals surface area contributed by atoms with Crippen LogP contribution in [0.2, 0.25) is 0 Å². The Morgan fingerprint density at radius 3 is 2.47 bits per heavy atom. The van der Waals surface area contributed by atoms with Crippen LogP contribution in [0.1, 0.15) is 55.0 Å². The maximum absolute atomic E-state index is 6.44. The van der Waals surface area contributed by atoms with Gasteiger partial charge >= 0.3 is 0 Å². The molecule has 1 fully saturated rings. The van der Waals surface area contributed by atoms with E-state index in [1.54, 1.807) is 0 Å². The molecule has 2 heteroatoms. The number of benzene rings is 1. The van der Waals surface area contributed by atoms with Crippen LogP contribution < -0.4 is 5.32 Å². The number of hydrogen-bond acceptors (Lipinski definition) is 2. The van der Waals surface area contributed by atoms with Crippen molar-refractivity contribution in [2.75, 3.05) is 13.1 Å². The van der Waals surface area contributed by atoms with E-state index in [9.17, 15) is 0 Å². The minimum atomic E-state index is -0.0264. The van der Waals surface area contributed by atoms with Crippen LogP contribution in [-0.2, 0) is 4.74 Å². The fourth-order valence-electron chi connectivity index (χ4n) is 3.43. The van der Waals surface area contributed by atoms with Gasteiger partial charge in [0.25, 0.3) is 0 Å². The Morgan fingerprint density at radius 2 is 1.89 bits per heavy atom. The van der Waals surface area contributed by atoms with Gasteiger partial charge in [-0.05, 0) is 50.8 Å². The summed E-state index contributed by atoms with van der Waals surface area (Å²) in [5.74, 6) is 0. The summed E-state index contributed by atoms with van der Waals surface area (Å²) in [5.41, 5.74) is 5.38. The largest absolute Gasteiger partial charge is 0.365 e. The Labute approximate surface area is 117 Å². The second kappa shape index (κ2) is 5.64. The van der Waals surface area contributed by atoms with Crippen molar-refractivity contribution in [2.45, 2.75) is 59.2 Å². The SMILES string of the molecule is CCCC1(C)CNCC(c2c(C)cc(C)cc2C)O1. The fraction of sp³-hybridized carbons (Fsp3) is 0.647. The first-order chi connectivity index (χ1) is 8.95. The number of ether oxygens (including phenoxy) is 1. The monoisotopic (exact) mass is 261 g/mol. The molecule has 2 atom stereocenters. The number of hydrogen-bond donors (Lipinski definition) is 1. The van der Waals surface area contributed by atoms with Gasteiger partial charge in [0.2, 0.25) is 0 Å². The topological polar surface area (TPSA) is 21.3 Å². The summed E-state index contributed by atoms with van der Waals surface area (Å²) in [6.45, 7) is 12.9. The number of morpholine rings is 1. The number of rotatable bonds is 3. The third-order valence-corrected chi connectivity index (χ3v) is 4.09. The van der Waals surface area contributed by atoms with Crippen molar-refractivity contribution in [3.63, 3.8) is 0 Å². The summed E-state index contributed by atoms with van der Waals surface area (Å²) in [6.07, 6.45) is 2.46. The van der Waals surface area contributed by atoms with E-state index in [-0.39, 0.29) is 11.7 Å². The van der Waals surface area contributed by atoms with E-state index in [0.717, 1.165) is 25.9 Å². The Bertz CT molecular complexity index is 428. The van der Waals surface area contributed by atoms with Crippen LogP contribution in [-0.4, -0.2) is 18.7 Å². The van der Waals surface area contributed by atoms with E-state index >= 15 is 0 Å². The second-order valence-corrected chi connectivity index (χ2v) is 6.25. The van der Waals surface area contributed by atoms with E-state index in [2.05, 4.69) is 52.1 Å². The highest BCUT2D eigenvalue weighted by atomic mass is 16.5. The molecule has 106 valence electrons. The molecule has 0 saturated carbocycles. The van der Waals surface area contributed by atoms with Crippen molar-refractivity contribution in [3.05, 3.63) is 34.4 Å². The zero-order chi connectivity index (χ0) is 14.0. The van der Waals surface area contributed by atoms with Crippen LogP contribution >= 0.6 is 0 Å². The van der Waals surface area contributed by atoms with E-state index in [4.69, 9.17) is 4.74 Å².